The fourth-order valence-electron chi connectivity index (χ4n) is 1.72. The molecule has 1 aliphatic rings. The monoisotopic (exact) mass is 246 g/mol. The van der Waals surface area contributed by atoms with Gasteiger partial charge in [-0.25, -0.2) is 4.79 Å². The van der Waals surface area contributed by atoms with Crippen LogP contribution in [0.2, 0.25) is 0 Å². The number of rotatable bonds is 3. The Labute approximate surface area is 103 Å². The van der Waals surface area contributed by atoms with Gasteiger partial charge in [-0.15, -0.1) is 0 Å². The molecule has 0 N–H and O–H groups in total. The van der Waals surface area contributed by atoms with E-state index in [1.54, 1.807) is 24.3 Å². The first kappa shape index (κ1) is 12.0. The maximum absolute atomic E-state index is 11.5. The Hall–Kier alpha value is -2.43. The highest BCUT2D eigenvalue weighted by molar-refractivity contribution is 5.98. The number of benzene rings is 1. The average Bonchev–Trinajstić information content (AvgIpc) is 2.69. The van der Waals surface area contributed by atoms with Gasteiger partial charge in [-0.1, -0.05) is 24.8 Å². The smallest absolute Gasteiger partial charge is 0.335 e. The van der Waals surface area contributed by atoms with Gasteiger partial charge in [0, 0.05) is 11.6 Å². The lowest BCUT2D eigenvalue weighted by Crippen LogP contribution is -2.10. The predicted octanol–water partition coefficient (Wildman–Crippen LogP) is 1.34. The quantitative estimate of drug-likeness (QED) is 0.348. The van der Waals surface area contributed by atoms with Crippen molar-refractivity contribution in [2.24, 2.45) is 0 Å². The molecule has 1 atom stereocenters. The second-order valence-electron chi connectivity index (χ2n) is 3.71. The Morgan fingerprint density at radius 1 is 1.39 bits per heavy atom. The van der Waals surface area contributed by atoms with Gasteiger partial charge in [-0.3, -0.25) is 9.59 Å². The molecule has 5 heteroatoms. The zero-order chi connectivity index (χ0) is 13.1. The molecule has 1 aromatic carbocycles. The normalized spacial score (nSPS) is 18.3. The summed E-state index contributed by atoms with van der Waals surface area (Å²) in [4.78, 5) is 33.7. The summed E-state index contributed by atoms with van der Waals surface area (Å²) in [5.74, 6) is -2.30. The van der Waals surface area contributed by atoms with E-state index in [0.29, 0.717) is 5.56 Å². The molecule has 0 radical (unpaired) electrons. The van der Waals surface area contributed by atoms with Crippen LogP contribution >= 0.6 is 0 Å². The highest BCUT2D eigenvalue weighted by Gasteiger charge is 2.36. The highest BCUT2D eigenvalue weighted by atomic mass is 16.6. The number of cyclic esters (lactones) is 2. The summed E-state index contributed by atoms with van der Waals surface area (Å²) in [6, 6.07) is 6.52. The van der Waals surface area contributed by atoms with Crippen LogP contribution in [0, 0.1) is 0 Å². The van der Waals surface area contributed by atoms with E-state index in [1.807, 2.05) is 0 Å². The molecule has 0 aromatic heterocycles. The van der Waals surface area contributed by atoms with Gasteiger partial charge in [-0.2, -0.15) is 0 Å². The van der Waals surface area contributed by atoms with Crippen molar-refractivity contribution < 1.29 is 23.9 Å². The van der Waals surface area contributed by atoms with Crippen LogP contribution in [0.1, 0.15) is 17.9 Å². The van der Waals surface area contributed by atoms with Gasteiger partial charge in [0.05, 0.1) is 12.3 Å². The molecule has 0 amide bonds. The van der Waals surface area contributed by atoms with Crippen LogP contribution in [0.25, 0.3) is 0 Å². The highest BCUT2D eigenvalue weighted by Crippen LogP contribution is 2.33. The molecular weight excluding hydrogens is 236 g/mol. The first-order chi connectivity index (χ1) is 8.61. The molecular formula is C13H10O5. The van der Waals surface area contributed by atoms with Gasteiger partial charge in [0.2, 0.25) is 0 Å². The molecule has 18 heavy (non-hydrogen) atoms. The number of carbonyl (C=O) groups is 3. The van der Waals surface area contributed by atoms with Crippen molar-refractivity contribution in [2.45, 2.75) is 12.3 Å². The average molecular weight is 246 g/mol. The molecule has 0 aliphatic carbocycles. The Morgan fingerprint density at radius 2 is 2.11 bits per heavy atom. The Bertz CT molecular complexity index is 532. The van der Waals surface area contributed by atoms with Crippen LogP contribution in [0.4, 0.5) is 0 Å². The van der Waals surface area contributed by atoms with Crippen molar-refractivity contribution in [1.82, 2.24) is 0 Å². The van der Waals surface area contributed by atoms with E-state index in [4.69, 9.17) is 4.74 Å². The molecule has 1 unspecified atom stereocenters. The van der Waals surface area contributed by atoms with Crippen molar-refractivity contribution in [3.8, 4) is 5.75 Å². The van der Waals surface area contributed by atoms with Crippen LogP contribution in [-0.4, -0.2) is 17.9 Å². The Balaban J connectivity index is 2.33. The third kappa shape index (κ3) is 2.29. The second kappa shape index (κ2) is 4.83. The molecule has 1 heterocycles. The van der Waals surface area contributed by atoms with E-state index in [-0.39, 0.29) is 12.2 Å². The first-order valence-corrected chi connectivity index (χ1v) is 5.29. The van der Waals surface area contributed by atoms with Crippen LogP contribution in [0.3, 0.4) is 0 Å². The number of para-hydroxylation sites is 1. The van der Waals surface area contributed by atoms with Crippen molar-refractivity contribution in [3.05, 3.63) is 42.5 Å². The minimum atomic E-state index is -0.716. The van der Waals surface area contributed by atoms with Gasteiger partial charge in [-0.05, 0) is 6.07 Å². The largest absolute Gasteiger partial charge is 0.423 e. The van der Waals surface area contributed by atoms with Gasteiger partial charge in [0.1, 0.15) is 5.75 Å². The fraction of sp³-hybridized carbons (Fsp3) is 0.154. The van der Waals surface area contributed by atoms with Gasteiger partial charge >= 0.3 is 17.9 Å². The first-order valence-electron chi connectivity index (χ1n) is 5.29. The summed E-state index contributed by atoms with van der Waals surface area (Å²) in [5, 5.41) is 0. The lowest BCUT2D eigenvalue weighted by Gasteiger charge is -2.10. The van der Waals surface area contributed by atoms with Gasteiger partial charge in [0.25, 0.3) is 0 Å². The molecule has 0 bridgehead atoms. The number of hydrogen-bond acceptors (Lipinski definition) is 5. The number of hydrogen-bond donors (Lipinski definition) is 0. The van der Waals surface area contributed by atoms with E-state index in [0.717, 1.165) is 6.08 Å². The SMILES string of the molecule is C=CC(=O)Oc1ccccc1C1CC(=O)OC1=O. The maximum Gasteiger partial charge on any atom is 0.335 e. The third-order valence-corrected chi connectivity index (χ3v) is 2.54. The predicted molar refractivity (Wildman–Crippen MR) is 60.7 cm³/mol. The summed E-state index contributed by atoms with van der Waals surface area (Å²) < 4.78 is 9.49. The summed E-state index contributed by atoms with van der Waals surface area (Å²) in [5.41, 5.74) is 0.462. The zero-order valence-corrected chi connectivity index (χ0v) is 9.42. The minimum absolute atomic E-state index is 0.0402. The number of carbonyl (C=O) groups excluding carboxylic acids is 3. The summed E-state index contributed by atoms with van der Waals surface area (Å²) in [7, 11) is 0. The topological polar surface area (TPSA) is 69.7 Å². The second-order valence-corrected chi connectivity index (χ2v) is 3.71. The van der Waals surface area contributed by atoms with Crippen molar-refractivity contribution in [3.63, 3.8) is 0 Å². The molecule has 92 valence electrons. The van der Waals surface area contributed by atoms with E-state index in [1.165, 1.54) is 0 Å². The number of ether oxygens (including phenoxy) is 2. The zero-order valence-electron chi connectivity index (χ0n) is 9.42. The van der Waals surface area contributed by atoms with Crippen LogP contribution in [0.15, 0.2) is 36.9 Å². The van der Waals surface area contributed by atoms with Crippen LogP contribution in [0.5, 0.6) is 5.75 Å². The van der Waals surface area contributed by atoms with E-state index >= 15 is 0 Å². The lowest BCUT2D eigenvalue weighted by molar-refractivity contribution is -0.152. The molecule has 5 nitrogen and oxygen atoms in total. The lowest BCUT2D eigenvalue weighted by atomic mass is 9.97. The minimum Gasteiger partial charge on any atom is -0.423 e. The third-order valence-electron chi connectivity index (χ3n) is 2.54. The summed E-state index contributed by atoms with van der Waals surface area (Å²) in [6.07, 6.45) is 0.983. The summed E-state index contributed by atoms with van der Waals surface area (Å²) >= 11 is 0. The van der Waals surface area contributed by atoms with Gasteiger partial charge < -0.3 is 9.47 Å². The van der Waals surface area contributed by atoms with E-state index in [9.17, 15) is 14.4 Å². The Kier molecular flexibility index (Phi) is 3.23. The molecule has 1 aliphatic heterocycles. The molecule has 1 fully saturated rings. The molecule has 0 spiro atoms. The maximum atomic E-state index is 11.5. The standard InChI is InChI=1S/C13H10O5/c1-2-11(14)17-10-6-4-3-5-8(10)9-7-12(15)18-13(9)16/h2-6,9H,1,7H2. The van der Waals surface area contributed by atoms with Crippen molar-refractivity contribution in [2.75, 3.05) is 0 Å². The molecule has 1 aromatic rings. The van der Waals surface area contributed by atoms with Crippen molar-refractivity contribution in [1.29, 1.82) is 0 Å². The molecule has 0 saturated carbocycles. The molecule has 2 rings (SSSR count). The fourth-order valence-corrected chi connectivity index (χ4v) is 1.72. The van der Waals surface area contributed by atoms with Crippen LogP contribution < -0.4 is 4.74 Å². The van der Waals surface area contributed by atoms with E-state index in [2.05, 4.69) is 11.3 Å². The Morgan fingerprint density at radius 3 is 2.72 bits per heavy atom. The van der Waals surface area contributed by atoms with Crippen LogP contribution in [-0.2, 0) is 19.1 Å². The molecule has 1 saturated heterocycles. The van der Waals surface area contributed by atoms with E-state index < -0.39 is 23.8 Å². The van der Waals surface area contributed by atoms with Crippen molar-refractivity contribution >= 4 is 17.9 Å². The summed E-state index contributed by atoms with van der Waals surface area (Å²) in [6.45, 7) is 3.29. The van der Waals surface area contributed by atoms with Gasteiger partial charge in [0.15, 0.2) is 0 Å². The number of esters is 3.